The molecule has 0 aliphatic carbocycles. The summed E-state index contributed by atoms with van der Waals surface area (Å²) in [6.45, 7) is 4.09. The summed E-state index contributed by atoms with van der Waals surface area (Å²) < 4.78 is 0. The summed E-state index contributed by atoms with van der Waals surface area (Å²) in [7, 11) is 0.628. The molecule has 0 aliphatic heterocycles. The molecule has 1 nitrogen and oxygen atoms in total. The maximum absolute atomic E-state index is 4.35. The van der Waals surface area contributed by atoms with Crippen molar-refractivity contribution < 1.29 is 9.47 Å². The third kappa shape index (κ3) is 6.59. The van der Waals surface area contributed by atoms with Gasteiger partial charge in [0, 0.05) is 5.69 Å². The number of nitrogens with zero attached hydrogens (tertiary/aromatic N) is 1. The van der Waals surface area contributed by atoms with E-state index >= 15 is 0 Å². The van der Waals surface area contributed by atoms with Gasteiger partial charge in [-0.25, -0.2) is 4.98 Å². The number of rotatable bonds is 1. The monoisotopic (exact) mass is 458 g/mol. The summed E-state index contributed by atoms with van der Waals surface area (Å²) in [5.41, 5.74) is 2.35. The Bertz CT molecular complexity index is 258. The van der Waals surface area contributed by atoms with Crippen LogP contribution in [0.25, 0.3) is 0 Å². The molecule has 0 saturated heterocycles. The molecule has 0 unspecified atom stereocenters. The molecule has 0 saturated carbocycles. The summed E-state index contributed by atoms with van der Waals surface area (Å²) in [6, 6.07) is 4.14. The van der Waals surface area contributed by atoms with Crippen LogP contribution in [0, 0.1) is 13.8 Å². The van der Waals surface area contributed by atoms with Crippen LogP contribution in [-0.2, 0) is 9.47 Å². The van der Waals surface area contributed by atoms with Gasteiger partial charge in [-0.1, -0.05) is 6.07 Å². The Balaban J connectivity index is 0.000000424. The molecule has 0 bridgehead atoms. The second kappa shape index (κ2) is 8.82. The fraction of sp³-hybridized carbons (Fsp3) is 0.375. The molecule has 0 radical (unpaired) electrons. The molecule has 0 fully saturated rings. The molecule has 0 N–H and O–H groups in total. The molecule has 0 amide bonds. The Morgan fingerprint density at radius 1 is 1.31 bits per heavy atom. The quantitative estimate of drug-likeness (QED) is 0.463. The maximum atomic E-state index is 4.35. The summed E-state index contributed by atoms with van der Waals surface area (Å²) in [4.78, 5) is 4.35. The fourth-order valence-corrected chi connectivity index (χ4v) is 1.43. The average molecular weight is 458 g/mol. The topological polar surface area (TPSA) is 12.9 Å². The third-order valence-electron chi connectivity index (χ3n) is 1.38. The van der Waals surface area contributed by atoms with Crippen LogP contribution in [0.4, 0.5) is 0 Å². The van der Waals surface area contributed by atoms with Crippen molar-refractivity contribution in [2.75, 3.05) is 6.26 Å². The number of thioether (sulfide) groups is 1. The zero-order chi connectivity index (χ0) is 10.3. The number of hydrogen-bond donors (Lipinski definition) is 0. The predicted octanol–water partition coefficient (Wildman–Crippen LogP) is 4.19. The van der Waals surface area contributed by atoms with Crippen molar-refractivity contribution in [3.63, 3.8) is 0 Å². The van der Waals surface area contributed by atoms with E-state index in [-0.39, 0.29) is 0 Å². The van der Waals surface area contributed by atoms with Crippen molar-refractivity contribution in [2.45, 2.75) is 18.9 Å². The molecule has 0 aromatic carbocycles. The molecule has 13 heavy (non-hydrogen) atoms. The number of pyridine rings is 1. The van der Waals surface area contributed by atoms with E-state index in [1.165, 1.54) is 5.56 Å². The van der Waals surface area contributed by atoms with E-state index in [0.29, 0.717) is 9.47 Å². The summed E-state index contributed by atoms with van der Waals surface area (Å²) in [6.07, 6.45) is 2.05. The van der Waals surface area contributed by atoms with Gasteiger partial charge in [0.15, 0.2) is 0 Å². The number of aryl methyl sites for hydroxylation is 2. The summed E-state index contributed by atoms with van der Waals surface area (Å²) in [5, 5.41) is 1.14. The van der Waals surface area contributed by atoms with E-state index in [1.807, 2.05) is 13.0 Å². The first-order valence-corrected chi connectivity index (χ1v) is 13.8. The molecule has 1 aromatic heterocycles. The zero-order valence-electron chi connectivity index (χ0n) is 7.71. The van der Waals surface area contributed by atoms with Gasteiger partial charge in [-0.05, 0) is 31.7 Å². The van der Waals surface area contributed by atoms with Crippen LogP contribution in [-0.4, -0.2) is 11.2 Å². The molecule has 1 heterocycles. The molecular weight excluding hydrogens is 447 g/mol. The van der Waals surface area contributed by atoms with Crippen LogP contribution in [0.5, 0.6) is 0 Å². The Morgan fingerprint density at radius 3 is 2.23 bits per heavy atom. The molecule has 0 atom stereocenters. The van der Waals surface area contributed by atoms with Crippen LogP contribution < -0.4 is 0 Å². The van der Waals surface area contributed by atoms with Crippen molar-refractivity contribution in [1.29, 1.82) is 0 Å². The third-order valence-corrected chi connectivity index (χ3v) is 2.18. The Kier molecular flexibility index (Phi) is 9.87. The number of halogens is 2. The number of aromatic nitrogens is 1. The minimum absolute atomic E-state index is 0.628. The van der Waals surface area contributed by atoms with Gasteiger partial charge in [0.25, 0.3) is 0 Å². The molecule has 1 rings (SSSR count). The van der Waals surface area contributed by atoms with Gasteiger partial charge < -0.3 is 0 Å². The summed E-state index contributed by atoms with van der Waals surface area (Å²) >= 11 is 6.44. The minimum atomic E-state index is 0.628. The van der Waals surface area contributed by atoms with E-state index < -0.39 is 0 Å². The van der Waals surface area contributed by atoms with Gasteiger partial charge in [0.05, 0.1) is 5.03 Å². The van der Waals surface area contributed by atoms with Crippen LogP contribution in [0.15, 0.2) is 17.2 Å². The first-order chi connectivity index (χ1) is 6.15. The van der Waals surface area contributed by atoms with Crippen LogP contribution in [0.2, 0.25) is 0 Å². The number of hydrogen-bond acceptors (Lipinski definition) is 2. The fourth-order valence-electron chi connectivity index (χ4n) is 0.809. The second-order valence-corrected chi connectivity index (χ2v) is 14.9. The first-order valence-electron chi connectivity index (χ1n) is 3.56. The SMILES string of the molecule is CSc1nc(C)ccc1C.[I][V][I]. The van der Waals surface area contributed by atoms with E-state index in [2.05, 4.69) is 64.2 Å². The van der Waals surface area contributed by atoms with Crippen molar-refractivity contribution in [1.82, 2.24) is 4.98 Å². The normalized spacial score (nSPS) is 8.69. The molecule has 73 valence electrons. The van der Waals surface area contributed by atoms with Gasteiger partial charge in [0.1, 0.15) is 0 Å². The van der Waals surface area contributed by atoms with Crippen LogP contribution >= 0.6 is 51.7 Å². The van der Waals surface area contributed by atoms with Gasteiger partial charge in [-0.2, -0.15) is 0 Å². The molecule has 5 heteroatoms. The van der Waals surface area contributed by atoms with E-state index in [0.717, 1.165) is 10.7 Å². The van der Waals surface area contributed by atoms with Crippen LogP contribution in [0.1, 0.15) is 11.3 Å². The van der Waals surface area contributed by atoms with E-state index in [4.69, 9.17) is 0 Å². The Labute approximate surface area is 113 Å². The molecule has 0 aliphatic rings. The average Bonchev–Trinajstić information content (AvgIpc) is 2.10. The van der Waals surface area contributed by atoms with Crippen molar-refractivity contribution in [2.24, 2.45) is 0 Å². The van der Waals surface area contributed by atoms with E-state index in [1.54, 1.807) is 11.8 Å². The first kappa shape index (κ1) is 14.5. The molecule has 0 spiro atoms. The van der Waals surface area contributed by atoms with Crippen LogP contribution in [0.3, 0.4) is 0 Å². The van der Waals surface area contributed by atoms with Gasteiger partial charge in [-0.15, -0.1) is 11.8 Å². The molecule has 1 aromatic rings. The van der Waals surface area contributed by atoms with E-state index in [9.17, 15) is 0 Å². The summed E-state index contributed by atoms with van der Waals surface area (Å²) in [5.74, 6) is 0. The Hall–Kier alpha value is 1.54. The Morgan fingerprint density at radius 2 is 1.85 bits per heavy atom. The van der Waals surface area contributed by atoms with Gasteiger partial charge in [-0.3, -0.25) is 0 Å². The van der Waals surface area contributed by atoms with Crippen molar-refractivity contribution >= 4 is 51.7 Å². The predicted molar refractivity (Wildman–Crippen MR) is 73.5 cm³/mol. The van der Waals surface area contributed by atoms with Crippen molar-refractivity contribution in [3.05, 3.63) is 23.4 Å². The van der Waals surface area contributed by atoms with Gasteiger partial charge >= 0.3 is 49.4 Å². The molecular formula is C8H11I2NSV. The second-order valence-electron chi connectivity index (χ2n) is 2.34. The zero-order valence-corrected chi connectivity index (χ0v) is 14.2. The standard InChI is InChI=1S/C8H11NS.2HI.V/c1-6-4-5-7(2)9-8(6)10-3;;;/h4-5H,1-3H3;2*1H;/q;;;+2/p-2. The van der Waals surface area contributed by atoms with Gasteiger partial charge in [0.2, 0.25) is 0 Å². The van der Waals surface area contributed by atoms with Crippen molar-refractivity contribution in [3.8, 4) is 0 Å².